The summed E-state index contributed by atoms with van der Waals surface area (Å²) in [7, 11) is 0. The van der Waals surface area contributed by atoms with E-state index in [-0.39, 0.29) is 10.9 Å². The molecule has 102 valence electrons. The summed E-state index contributed by atoms with van der Waals surface area (Å²) in [6, 6.07) is 0. The van der Waals surface area contributed by atoms with Gasteiger partial charge in [0.1, 0.15) is 0 Å². The van der Waals surface area contributed by atoms with Gasteiger partial charge in [-0.05, 0) is 55.3 Å². The van der Waals surface area contributed by atoms with Gasteiger partial charge in [0.15, 0.2) is 0 Å². The molecule has 0 amide bonds. The Hall–Kier alpha value is -0.0000000000000000555. The topological polar surface area (TPSA) is 38.0 Å². The van der Waals surface area contributed by atoms with Gasteiger partial charge in [0.25, 0.3) is 0 Å². The average Bonchev–Trinajstić information content (AvgIpc) is 2.89. The van der Waals surface area contributed by atoms with Gasteiger partial charge < -0.3 is 5.11 Å². The minimum atomic E-state index is -0.303. The van der Waals surface area contributed by atoms with Crippen LogP contribution in [-0.4, -0.2) is 31.5 Å². The first-order chi connectivity index (χ1) is 8.48. The molecule has 18 heavy (non-hydrogen) atoms. The van der Waals surface area contributed by atoms with E-state index in [2.05, 4.69) is 34.9 Å². The Bertz CT molecular complexity index is 427. The van der Waals surface area contributed by atoms with E-state index >= 15 is 0 Å². The Labute approximate surface area is 121 Å². The van der Waals surface area contributed by atoms with Crippen LogP contribution in [0.5, 0.6) is 0 Å². The lowest BCUT2D eigenvalue weighted by molar-refractivity contribution is 0.131. The van der Waals surface area contributed by atoms with E-state index in [1.54, 1.807) is 0 Å². The predicted molar refractivity (Wildman–Crippen MR) is 80.1 cm³/mol. The monoisotopic (exact) mass is 332 g/mol. The van der Waals surface area contributed by atoms with E-state index in [4.69, 9.17) is 0 Å². The number of aliphatic hydroxyl groups is 1. The summed E-state index contributed by atoms with van der Waals surface area (Å²) in [6.45, 7) is 7.11. The quantitative estimate of drug-likeness (QED) is 0.920. The third kappa shape index (κ3) is 2.63. The maximum atomic E-state index is 10.5. The highest BCUT2D eigenvalue weighted by atomic mass is 79.9. The Balaban J connectivity index is 2.18. The van der Waals surface area contributed by atoms with Crippen molar-refractivity contribution in [3.05, 3.63) is 15.9 Å². The highest BCUT2D eigenvalue weighted by Gasteiger charge is 2.37. The van der Waals surface area contributed by atoms with Crippen LogP contribution in [0.4, 0.5) is 0 Å². The van der Waals surface area contributed by atoms with Crippen molar-refractivity contribution in [1.29, 1.82) is 0 Å². The van der Waals surface area contributed by atoms with E-state index in [9.17, 15) is 5.11 Å². The Morgan fingerprint density at radius 3 is 2.89 bits per heavy atom. The molecule has 1 saturated heterocycles. The number of rotatable bonds is 4. The fourth-order valence-corrected chi connectivity index (χ4v) is 4.29. The minimum Gasteiger partial charge on any atom is -0.391 e. The van der Waals surface area contributed by atoms with Crippen molar-refractivity contribution < 1.29 is 5.11 Å². The standard InChI is InChI=1S/C13H21BrN2OS/c1-4-16-10(12(14)9(2)15-16)8-11(17)13(3)6-5-7-18-13/h11,17H,4-8H2,1-3H3. The predicted octanol–water partition coefficient (Wildman–Crippen LogP) is 3.16. The van der Waals surface area contributed by atoms with Gasteiger partial charge in [-0.15, -0.1) is 0 Å². The number of aryl methyl sites for hydroxylation is 2. The highest BCUT2D eigenvalue weighted by Crippen LogP contribution is 2.41. The van der Waals surface area contributed by atoms with Gasteiger partial charge >= 0.3 is 0 Å². The molecule has 1 aliphatic heterocycles. The number of aliphatic hydroxyl groups excluding tert-OH is 1. The van der Waals surface area contributed by atoms with E-state index in [1.807, 2.05) is 23.4 Å². The summed E-state index contributed by atoms with van der Waals surface area (Å²) in [5.74, 6) is 1.17. The van der Waals surface area contributed by atoms with Gasteiger partial charge in [-0.3, -0.25) is 4.68 Å². The van der Waals surface area contributed by atoms with Crippen LogP contribution in [0, 0.1) is 6.92 Å². The highest BCUT2D eigenvalue weighted by molar-refractivity contribution is 9.10. The van der Waals surface area contributed by atoms with Gasteiger partial charge in [-0.2, -0.15) is 16.9 Å². The molecule has 1 aliphatic rings. The Kier molecular flexibility index (Phi) is 4.44. The molecule has 3 nitrogen and oxygen atoms in total. The fraction of sp³-hybridized carbons (Fsp3) is 0.769. The maximum absolute atomic E-state index is 10.5. The molecule has 0 aliphatic carbocycles. The first kappa shape index (κ1) is 14.4. The maximum Gasteiger partial charge on any atom is 0.0739 e. The summed E-state index contributed by atoms with van der Waals surface area (Å²) in [4.78, 5) is 0. The zero-order valence-corrected chi connectivity index (χ0v) is 13.6. The summed E-state index contributed by atoms with van der Waals surface area (Å²) in [6.07, 6.45) is 2.70. The number of thioether (sulfide) groups is 1. The smallest absolute Gasteiger partial charge is 0.0739 e. The van der Waals surface area contributed by atoms with Crippen molar-refractivity contribution in [2.75, 3.05) is 5.75 Å². The molecule has 2 unspecified atom stereocenters. The van der Waals surface area contributed by atoms with Gasteiger partial charge in [-0.1, -0.05) is 0 Å². The molecule has 0 spiro atoms. The van der Waals surface area contributed by atoms with E-state index in [0.717, 1.165) is 28.8 Å². The normalized spacial score (nSPS) is 25.6. The Morgan fingerprint density at radius 1 is 1.61 bits per heavy atom. The van der Waals surface area contributed by atoms with Crippen LogP contribution in [0.2, 0.25) is 0 Å². The third-order valence-electron chi connectivity index (χ3n) is 3.79. The molecule has 1 aromatic rings. The van der Waals surface area contributed by atoms with Crippen LogP contribution in [0.25, 0.3) is 0 Å². The Morgan fingerprint density at radius 2 is 2.33 bits per heavy atom. The summed E-state index contributed by atoms with van der Waals surface area (Å²) in [5, 5.41) is 15.0. The molecule has 1 N–H and O–H groups in total. The third-order valence-corrected chi connectivity index (χ3v) is 6.45. The number of aromatic nitrogens is 2. The van der Waals surface area contributed by atoms with E-state index in [1.165, 1.54) is 12.2 Å². The van der Waals surface area contributed by atoms with Crippen LogP contribution >= 0.6 is 27.7 Å². The lowest BCUT2D eigenvalue weighted by atomic mass is 9.95. The van der Waals surface area contributed by atoms with Gasteiger partial charge in [0.05, 0.1) is 22.0 Å². The molecule has 0 saturated carbocycles. The largest absolute Gasteiger partial charge is 0.391 e. The molecule has 5 heteroatoms. The molecule has 0 aromatic carbocycles. The summed E-state index contributed by atoms with van der Waals surface area (Å²) in [5.41, 5.74) is 2.12. The lowest BCUT2D eigenvalue weighted by Gasteiger charge is -2.29. The second-order valence-electron chi connectivity index (χ2n) is 5.15. The molecule has 2 heterocycles. The lowest BCUT2D eigenvalue weighted by Crippen LogP contribution is -2.36. The molecule has 0 radical (unpaired) electrons. The average molecular weight is 333 g/mol. The van der Waals surface area contributed by atoms with Crippen molar-refractivity contribution in [2.24, 2.45) is 0 Å². The van der Waals surface area contributed by atoms with Crippen molar-refractivity contribution in [1.82, 2.24) is 9.78 Å². The minimum absolute atomic E-state index is 0.0101. The van der Waals surface area contributed by atoms with Crippen LogP contribution in [0.15, 0.2) is 4.47 Å². The zero-order valence-electron chi connectivity index (χ0n) is 11.2. The first-order valence-corrected chi connectivity index (χ1v) is 8.29. The van der Waals surface area contributed by atoms with Crippen molar-refractivity contribution in [2.45, 2.75) is 57.4 Å². The van der Waals surface area contributed by atoms with Crippen molar-refractivity contribution in [3.63, 3.8) is 0 Å². The second-order valence-corrected chi connectivity index (χ2v) is 7.57. The molecule has 2 atom stereocenters. The summed E-state index contributed by atoms with van der Waals surface area (Å²) >= 11 is 5.50. The van der Waals surface area contributed by atoms with E-state index in [0.29, 0.717) is 6.42 Å². The molecule has 1 fully saturated rings. The van der Waals surface area contributed by atoms with Gasteiger partial charge in [0, 0.05) is 17.7 Å². The molecule has 2 rings (SSSR count). The van der Waals surface area contributed by atoms with Crippen molar-refractivity contribution >= 4 is 27.7 Å². The number of halogens is 1. The molecule has 0 bridgehead atoms. The van der Waals surface area contributed by atoms with Crippen LogP contribution < -0.4 is 0 Å². The van der Waals surface area contributed by atoms with Crippen LogP contribution in [0.1, 0.15) is 38.1 Å². The number of hydrogen-bond acceptors (Lipinski definition) is 3. The van der Waals surface area contributed by atoms with Crippen LogP contribution in [-0.2, 0) is 13.0 Å². The van der Waals surface area contributed by atoms with Crippen molar-refractivity contribution in [3.8, 4) is 0 Å². The molecular formula is C13H21BrN2OS. The SMILES string of the molecule is CCn1nc(C)c(Br)c1CC(O)C1(C)CCCS1. The fourth-order valence-electron chi connectivity index (χ4n) is 2.53. The zero-order chi connectivity index (χ0) is 13.3. The van der Waals surface area contributed by atoms with Crippen LogP contribution in [0.3, 0.4) is 0 Å². The molecular weight excluding hydrogens is 312 g/mol. The second kappa shape index (κ2) is 5.55. The summed E-state index contributed by atoms with van der Waals surface area (Å²) < 4.78 is 3.05. The first-order valence-electron chi connectivity index (χ1n) is 6.51. The molecule has 1 aromatic heterocycles. The van der Waals surface area contributed by atoms with Gasteiger partial charge in [-0.25, -0.2) is 0 Å². The number of hydrogen-bond donors (Lipinski definition) is 1. The number of nitrogens with zero attached hydrogens (tertiary/aromatic N) is 2. The van der Waals surface area contributed by atoms with E-state index < -0.39 is 0 Å². The van der Waals surface area contributed by atoms with Gasteiger partial charge in [0.2, 0.25) is 0 Å².